The molecular formula is Cl7OPS. The second-order valence-corrected chi connectivity index (χ2v) is 20.0. The molecule has 0 N–H and O–H groups in total. The molecular weight excluding hydrogens is 327 g/mol. The predicted octanol–water partition coefficient (Wildman–Crippen LogP) is 5.35. The van der Waals surface area contributed by atoms with Crippen molar-refractivity contribution in [2.75, 3.05) is 0 Å². The van der Waals surface area contributed by atoms with Crippen molar-refractivity contribution in [2.24, 2.45) is 0 Å². The van der Waals surface area contributed by atoms with Crippen molar-refractivity contribution in [1.82, 2.24) is 0 Å². The molecule has 0 radical (unpaired) electrons. The summed E-state index contributed by atoms with van der Waals surface area (Å²) >= 11 is 24.9. The zero-order chi connectivity index (χ0) is 9.02. The van der Waals surface area contributed by atoms with Crippen molar-refractivity contribution < 1.29 is 4.55 Å². The van der Waals surface area contributed by atoms with Gasteiger partial charge in [-0.2, -0.15) is 0 Å². The Morgan fingerprint density at radius 3 is 0.900 bits per heavy atom. The summed E-state index contributed by atoms with van der Waals surface area (Å²) in [6, 6.07) is 0. The molecule has 10 heteroatoms. The van der Waals surface area contributed by atoms with Crippen LogP contribution in [-0.2, 0) is 9.60 Å². The van der Waals surface area contributed by atoms with Gasteiger partial charge >= 0.3 is 59.6 Å². The standard InChI is InChI=1S/Cl5P.Cl2OS/c1-6(2,3,4)5;1-4(2)3. The summed E-state index contributed by atoms with van der Waals surface area (Å²) < 4.78 is 5.40. The molecule has 0 aromatic heterocycles. The Hall–Kier alpha value is 2.77. The molecule has 0 fully saturated rings. The molecule has 0 bridgehead atoms. The van der Waals surface area contributed by atoms with Crippen molar-refractivity contribution >= 4 is 90.5 Å². The number of rotatable bonds is 0. The van der Waals surface area contributed by atoms with Gasteiger partial charge in [0, 0.05) is 0 Å². The first kappa shape index (κ1) is 15.3. The third-order valence-corrected chi connectivity index (χ3v) is 0. The van der Waals surface area contributed by atoms with Crippen LogP contribution in [0.5, 0.6) is 0 Å². The summed E-state index contributed by atoms with van der Waals surface area (Å²) in [7, 11) is 7.36. The largest absolute Gasteiger partial charge is 0.582 e. The van der Waals surface area contributed by atoms with Crippen molar-refractivity contribution in [3.05, 3.63) is 0 Å². The average Bonchev–Trinajstić information content (AvgIpc) is 1.14. The van der Waals surface area contributed by atoms with Gasteiger partial charge < -0.3 is 4.55 Å². The minimum atomic E-state index is -3.69. The van der Waals surface area contributed by atoms with Gasteiger partial charge in [-0.15, -0.1) is 0 Å². The fraction of sp³-hybridized carbons (Fsp3) is 0. The summed E-state index contributed by atoms with van der Waals surface area (Å²) in [5, 5.41) is 0. The van der Waals surface area contributed by atoms with Crippen LogP contribution < -0.4 is 0 Å². The number of halogens is 7. The van der Waals surface area contributed by atoms with Crippen LogP contribution in [0.4, 0.5) is 0 Å². The Labute approximate surface area is 94.2 Å². The van der Waals surface area contributed by atoms with Gasteiger partial charge in [0.15, 0.2) is 31.0 Å². The molecule has 10 heavy (non-hydrogen) atoms. The van der Waals surface area contributed by atoms with Crippen molar-refractivity contribution in [3.8, 4) is 0 Å². The summed E-state index contributed by atoms with van der Waals surface area (Å²) in [6.07, 6.45) is 0. The molecule has 0 heterocycles. The van der Waals surface area contributed by atoms with Crippen LogP contribution in [0.3, 0.4) is 0 Å². The molecule has 0 saturated carbocycles. The predicted molar refractivity (Wildman–Crippen MR) is 56.0 cm³/mol. The minimum absolute atomic E-state index is 1.67. The molecule has 0 rings (SSSR count). The molecule has 0 saturated heterocycles. The van der Waals surface area contributed by atoms with E-state index in [4.69, 9.17) is 60.8 Å². The van der Waals surface area contributed by atoms with Gasteiger partial charge in [-0.25, -0.2) is 0 Å². The van der Waals surface area contributed by atoms with Crippen molar-refractivity contribution in [2.45, 2.75) is 0 Å². The molecule has 0 aromatic carbocycles. The van der Waals surface area contributed by atoms with Gasteiger partial charge in [-0.05, 0) is 0 Å². The maximum atomic E-state index is 9.09. The smallest absolute Gasteiger partial charge is 0.198 e. The zero-order valence-electron chi connectivity index (χ0n) is 3.91. The Kier molecular flexibility index (Phi) is 8.37. The first-order chi connectivity index (χ1) is 3.97. The molecule has 1 nitrogen and oxygen atoms in total. The van der Waals surface area contributed by atoms with E-state index in [1.54, 1.807) is 0 Å². The van der Waals surface area contributed by atoms with Crippen LogP contribution >= 0.6 is 80.9 Å². The first-order valence-corrected chi connectivity index (χ1v) is 10.9. The Balaban J connectivity index is 0. The van der Waals surface area contributed by atoms with Crippen LogP contribution in [0.25, 0.3) is 0 Å². The van der Waals surface area contributed by atoms with E-state index in [0.717, 1.165) is 0 Å². The summed E-state index contributed by atoms with van der Waals surface area (Å²) in [4.78, 5) is 0. The molecule has 0 spiro atoms. The van der Waals surface area contributed by atoms with Gasteiger partial charge in [0.2, 0.25) is 0 Å². The molecule has 0 aromatic rings. The van der Waals surface area contributed by atoms with E-state index in [1.165, 1.54) is 0 Å². The minimum Gasteiger partial charge on any atom is -0.582 e. The third kappa shape index (κ3) is 134. The first-order valence-electron chi connectivity index (χ1n) is 1.32. The molecule has 66 valence electrons. The summed E-state index contributed by atoms with van der Waals surface area (Å²) in [6.45, 7) is 0. The van der Waals surface area contributed by atoms with Gasteiger partial charge in [-0.1, -0.05) is 0 Å². The fourth-order valence-corrected chi connectivity index (χ4v) is 0. The van der Waals surface area contributed by atoms with E-state index in [1.807, 2.05) is 0 Å². The molecule has 0 atom stereocenters. The quantitative estimate of drug-likeness (QED) is 0.434. The Bertz CT molecular complexity index is 71.8. The molecule has 0 aliphatic heterocycles. The monoisotopic (exact) mass is 324 g/mol. The Morgan fingerprint density at radius 2 is 0.900 bits per heavy atom. The summed E-state index contributed by atoms with van der Waals surface area (Å²) in [5.41, 5.74) is 0. The van der Waals surface area contributed by atoms with Crippen molar-refractivity contribution in [3.63, 3.8) is 0 Å². The maximum absolute atomic E-state index is 9.09. The second-order valence-electron chi connectivity index (χ2n) is 0.823. The van der Waals surface area contributed by atoms with Crippen LogP contribution in [0.2, 0.25) is 0 Å². The van der Waals surface area contributed by atoms with Gasteiger partial charge in [0.25, 0.3) is 0 Å². The van der Waals surface area contributed by atoms with Crippen LogP contribution in [0, 0.1) is 0 Å². The third-order valence-electron chi connectivity index (χ3n) is 0. The topological polar surface area (TPSA) is 23.1 Å². The van der Waals surface area contributed by atoms with Crippen molar-refractivity contribution in [1.29, 1.82) is 0 Å². The molecule has 0 aliphatic carbocycles. The van der Waals surface area contributed by atoms with E-state index in [-0.39, 0.29) is 0 Å². The normalized spacial score (nSPS) is 15.1. The summed E-state index contributed by atoms with van der Waals surface area (Å²) in [5.74, 6) is 0. The molecule has 0 amide bonds. The van der Waals surface area contributed by atoms with E-state index >= 15 is 0 Å². The van der Waals surface area contributed by atoms with Crippen LogP contribution in [0.1, 0.15) is 0 Å². The average molecular weight is 327 g/mol. The van der Waals surface area contributed by atoms with Crippen LogP contribution in [-0.4, -0.2) is 4.55 Å². The molecule has 0 aliphatic rings. The molecule has 0 unspecified atom stereocenters. The van der Waals surface area contributed by atoms with Gasteiger partial charge in [-0.3, -0.25) is 0 Å². The van der Waals surface area contributed by atoms with E-state index in [2.05, 4.69) is 21.4 Å². The SMILES string of the molecule is ClP(Cl)(Cl)(Cl)Cl.[O-][S+](Cl)Cl. The number of hydrogen-bond acceptors (Lipinski definition) is 1. The van der Waals surface area contributed by atoms with E-state index in [9.17, 15) is 0 Å². The van der Waals surface area contributed by atoms with E-state index < -0.39 is 13.0 Å². The Morgan fingerprint density at radius 1 is 0.900 bits per heavy atom. The van der Waals surface area contributed by atoms with Gasteiger partial charge in [0.1, 0.15) is 0 Å². The zero-order valence-corrected chi connectivity index (χ0v) is 10.9. The second kappa shape index (κ2) is 5.49. The van der Waals surface area contributed by atoms with Crippen LogP contribution in [0.15, 0.2) is 0 Å². The van der Waals surface area contributed by atoms with E-state index in [0.29, 0.717) is 0 Å². The fourth-order valence-electron chi connectivity index (χ4n) is 0. The number of hydrogen-bond donors (Lipinski definition) is 0. The maximum Gasteiger partial charge on any atom is 0.198 e. The van der Waals surface area contributed by atoms with Gasteiger partial charge in [0.05, 0.1) is 0 Å².